The van der Waals surface area contributed by atoms with E-state index >= 15 is 0 Å². The van der Waals surface area contributed by atoms with Gasteiger partial charge in [-0.15, -0.1) is 0 Å². The summed E-state index contributed by atoms with van der Waals surface area (Å²) in [5, 5.41) is 21.8. The van der Waals surface area contributed by atoms with Crippen molar-refractivity contribution >= 4 is 33.4 Å². The quantitative estimate of drug-likeness (QED) is 0.261. The first-order valence-corrected chi connectivity index (χ1v) is 12.3. The van der Waals surface area contributed by atoms with Crippen LogP contribution in [0.5, 0.6) is 17.2 Å². The van der Waals surface area contributed by atoms with Gasteiger partial charge in [0, 0.05) is 18.5 Å². The van der Waals surface area contributed by atoms with Gasteiger partial charge in [0.15, 0.2) is 11.5 Å². The number of likely N-dealkylation sites (tertiary alicyclic amines) is 1. The molecule has 0 unspecified atom stereocenters. The molecule has 3 aromatic carbocycles. The van der Waals surface area contributed by atoms with Crippen LogP contribution in [0.3, 0.4) is 0 Å². The average Bonchev–Trinajstić information content (AvgIpc) is 3.37. The fourth-order valence-electron chi connectivity index (χ4n) is 4.80. The molecule has 0 saturated carbocycles. The Hall–Kier alpha value is -3.78. The third-order valence-electron chi connectivity index (χ3n) is 6.49. The number of carbonyl (C=O) groups excluding carboxylic acids is 2. The van der Waals surface area contributed by atoms with Crippen molar-refractivity contribution in [2.24, 2.45) is 0 Å². The van der Waals surface area contributed by atoms with Crippen molar-refractivity contribution in [2.75, 3.05) is 7.11 Å². The Morgan fingerprint density at radius 1 is 1.14 bits per heavy atom. The summed E-state index contributed by atoms with van der Waals surface area (Å²) in [7, 11) is 1.42. The molecule has 0 spiro atoms. The highest BCUT2D eigenvalue weighted by molar-refractivity contribution is 9.10. The molecule has 5 rings (SSSR count). The first-order chi connectivity index (χ1) is 17.3. The molecule has 2 aliphatic heterocycles. The van der Waals surface area contributed by atoms with E-state index in [1.165, 1.54) is 12.0 Å². The molecule has 2 atom stereocenters. The number of aliphatic hydroxyl groups excluding tert-OH is 1. The van der Waals surface area contributed by atoms with E-state index in [-0.39, 0.29) is 35.5 Å². The topological polar surface area (TPSA) is 96.3 Å². The zero-order chi connectivity index (χ0) is 25.6. The number of aliphatic hydroxyl groups is 1. The van der Waals surface area contributed by atoms with E-state index in [9.17, 15) is 19.8 Å². The van der Waals surface area contributed by atoms with Gasteiger partial charge in [-0.3, -0.25) is 9.59 Å². The fraction of sp³-hybridized carbons (Fsp3) is 0.214. The first kappa shape index (κ1) is 23.9. The van der Waals surface area contributed by atoms with E-state index in [0.29, 0.717) is 22.0 Å². The van der Waals surface area contributed by atoms with Crippen LogP contribution in [0.25, 0.3) is 5.76 Å². The predicted octanol–water partition coefficient (Wildman–Crippen LogP) is 5.11. The van der Waals surface area contributed by atoms with Gasteiger partial charge in [0.1, 0.15) is 17.6 Å². The molecule has 0 aliphatic carbocycles. The summed E-state index contributed by atoms with van der Waals surface area (Å²) in [5.41, 5.74) is 2.67. The van der Waals surface area contributed by atoms with Crippen molar-refractivity contribution in [1.82, 2.24) is 4.90 Å². The minimum atomic E-state index is -0.903. The monoisotopic (exact) mass is 549 g/mol. The van der Waals surface area contributed by atoms with Crippen LogP contribution in [0, 0.1) is 0 Å². The van der Waals surface area contributed by atoms with Gasteiger partial charge < -0.3 is 24.6 Å². The Morgan fingerprint density at radius 2 is 1.89 bits per heavy atom. The summed E-state index contributed by atoms with van der Waals surface area (Å²) >= 11 is 3.33. The van der Waals surface area contributed by atoms with Crippen molar-refractivity contribution < 1.29 is 29.3 Å². The Balaban J connectivity index is 1.68. The van der Waals surface area contributed by atoms with E-state index in [2.05, 4.69) is 15.9 Å². The number of halogens is 1. The number of aromatic hydroxyl groups is 1. The Morgan fingerprint density at radius 3 is 2.61 bits per heavy atom. The largest absolute Gasteiger partial charge is 0.507 e. The van der Waals surface area contributed by atoms with Crippen LogP contribution in [0.15, 0.2) is 70.7 Å². The number of ether oxygens (including phenoxy) is 2. The third-order valence-corrected chi connectivity index (χ3v) is 7.10. The molecule has 0 bridgehead atoms. The Kier molecular flexibility index (Phi) is 6.22. The number of fused-ring (bicyclic) bond motifs is 1. The maximum absolute atomic E-state index is 13.4. The van der Waals surface area contributed by atoms with E-state index in [4.69, 9.17) is 9.47 Å². The van der Waals surface area contributed by atoms with Crippen LogP contribution in [0.1, 0.15) is 35.2 Å². The lowest BCUT2D eigenvalue weighted by Gasteiger charge is -2.26. The molecule has 7 nitrogen and oxygen atoms in total. The molecule has 3 aromatic rings. The lowest BCUT2D eigenvalue weighted by atomic mass is 9.94. The average molecular weight is 550 g/mol. The minimum absolute atomic E-state index is 0.0238. The number of hydrogen-bond donors (Lipinski definition) is 2. The third kappa shape index (κ3) is 4.11. The molecular weight excluding hydrogens is 526 g/mol. The fourth-order valence-corrected chi connectivity index (χ4v) is 5.26. The normalized spacial score (nSPS) is 20.4. The number of amides is 1. The second kappa shape index (κ2) is 9.35. The molecule has 2 N–H and O–H groups in total. The van der Waals surface area contributed by atoms with E-state index in [1.807, 2.05) is 37.3 Å². The molecule has 36 heavy (non-hydrogen) atoms. The van der Waals surface area contributed by atoms with Gasteiger partial charge in [0.05, 0.1) is 23.2 Å². The van der Waals surface area contributed by atoms with Crippen LogP contribution >= 0.6 is 15.9 Å². The molecule has 184 valence electrons. The molecule has 2 aliphatic rings. The Labute approximate surface area is 216 Å². The van der Waals surface area contributed by atoms with E-state index in [1.54, 1.807) is 30.3 Å². The molecule has 1 fully saturated rings. The second-order valence-electron chi connectivity index (χ2n) is 8.92. The molecule has 1 amide bonds. The number of carbonyl (C=O) groups is 2. The summed E-state index contributed by atoms with van der Waals surface area (Å²) in [5.74, 6) is -0.942. The highest BCUT2D eigenvalue weighted by atomic mass is 79.9. The maximum Gasteiger partial charge on any atom is 0.295 e. The van der Waals surface area contributed by atoms with Crippen LogP contribution in [-0.2, 0) is 22.6 Å². The summed E-state index contributed by atoms with van der Waals surface area (Å²) in [4.78, 5) is 28.1. The maximum atomic E-state index is 13.4. The number of Topliss-reactive ketones (excluding diaryl/α,β-unsaturated/α-hetero) is 1. The van der Waals surface area contributed by atoms with Gasteiger partial charge in [0.2, 0.25) is 0 Å². The number of phenolic OH excluding ortho intramolecular Hbond substituents is 1. The lowest BCUT2D eigenvalue weighted by Crippen LogP contribution is -2.29. The number of phenols is 1. The van der Waals surface area contributed by atoms with Crippen LogP contribution in [-0.4, -0.2) is 40.0 Å². The van der Waals surface area contributed by atoms with Gasteiger partial charge in [-0.05, 0) is 69.9 Å². The van der Waals surface area contributed by atoms with Gasteiger partial charge in [0.25, 0.3) is 11.7 Å². The SMILES string of the molecule is COc1cc([C@H]2C(=C(O)c3ccc4c(c3)C[C@H](C)O4)C(=O)C(=O)N2Cc2ccccc2)cc(Br)c1O. The second-order valence-corrected chi connectivity index (χ2v) is 9.78. The highest BCUT2D eigenvalue weighted by Crippen LogP contribution is 2.45. The molecule has 1 saturated heterocycles. The van der Waals surface area contributed by atoms with Gasteiger partial charge in [-0.2, -0.15) is 0 Å². The summed E-state index contributed by atoms with van der Waals surface area (Å²) in [6.07, 6.45) is 0.709. The zero-order valence-electron chi connectivity index (χ0n) is 19.7. The van der Waals surface area contributed by atoms with Gasteiger partial charge in [-0.1, -0.05) is 30.3 Å². The van der Waals surface area contributed by atoms with Crippen molar-refractivity contribution in [1.29, 1.82) is 0 Å². The number of nitrogens with zero attached hydrogens (tertiary/aromatic N) is 1. The molecule has 8 heteroatoms. The van der Waals surface area contributed by atoms with Gasteiger partial charge in [-0.25, -0.2) is 0 Å². The van der Waals surface area contributed by atoms with Crippen molar-refractivity contribution in [3.05, 3.63) is 93.0 Å². The standard InChI is InChI=1S/C28H24BrNO6/c1-15-10-18-11-17(8-9-21(18)36-15)25(31)23-24(19-12-20(29)26(32)22(13-19)35-2)30(28(34)27(23)33)14-16-6-4-3-5-7-16/h3-9,11-13,15,24,31-32H,10,14H2,1-2H3/t15-,24-/m0/s1. The lowest BCUT2D eigenvalue weighted by molar-refractivity contribution is -0.140. The highest BCUT2D eigenvalue weighted by Gasteiger charge is 2.46. The number of methoxy groups -OCH3 is 1. The number of hydrogen-bond acceptors (Lipinski definition) is 6. The molecule has 0 radical (unpaired) electrons. The van der Waals surface area contributed by atoms with Crippen molar-refractivity contribution in [3.63, 3.8) is 0 Å². The summed E-state index contributed by atoms with van der Waals surface area (Å²) < 4.78 is 11.4. The summed E-state index contributed by atoms with van der Waals surface area (Å²) in [6.45, 7) is 2.12. The zero-order valence-corrected chi connectivity index (χ0v) is 21.3. The van der Waals surface area contributed by atoms with E-state index in [0.717, 1.165) is 16.9 Å². The van der Waals surface area contributed by atoms with Crippen LogP contribution in [0.2, 0.25) is 0 Å². The number of rotatable bonds is 5. The number of benzene rings is 3. The first-order valence-electron chi connectivity index (χ1n) is 11.5. The predicted molar refractivity (Wildman–Crippen MR) is 137 cm³/mol. The summed E-state index contributed by atoms with van der Waals surface area (Å²) in [6, 6.07) is 16.8. The number of ketones is 1. The van der Waals surface area contributed by atoms with Crippen LogP contribution in [0.4, 0.5) is 0 Å². The van der Waals surface area contributed by atoms with Crippen molar-refractivity contribution in [3.8, 4) is 17.2 Å². The molecule has 2 heterocycles. The van der Waals surface area contributed by atoms with E-state index < -0.39 is 17.7 Å². The van der Waals surface area contributed by atoms with Gasteiger partial charge >= 0.3 is 0 Å². The molecular formula is C28H24BrNO6. The smallest absolute Gasteiger partial charge is 0.295 e. The molecule has 0 aromatic heterocycles. The Bertz CT molecular complexity index is 1400. The van der Waals surface area contributed by atoms with Crippen LogP contribution < -0.4 is 9.47 Å². The van der Waals surface area contributed by atoms with Crippen molar-refractivity contribution in [2.45, 2.75) is 32.0 Å². The minimum Gasteiger partial charge on any atom is -0.507 e.